The first-order chi connectivity index (χ1) is 13.8. The Bertz CT molecular complexity index is 864. The molecule has 1 aliphatic heterocycles. The summed E-state index contributed by atoms with van der Waals surface area (Å²) in [5, 5.41) is 6.11. The van der Waals surface area contributed by atoms with E-state index in [0.29, 0.717) is 23.8 Å². The van der Waals surface area contributed by atoms with Crippen LogP contribution >= 0.6 is 0 Å². The van der Waals surface area contributed by atoms with Crippen molar-refractivity contribution in [1.82, 2.24) is 15.3 Å². The van der Waals surface area contributed by atoms with Crippen LogP contribution in [0.4, 0.5) is 5.82 Å². The van der Waals surface area contributed by atoms with Crippen LogP contribution in [-0.2, 0) is 6.54 Å². The van der Waals surface area contributed by atoms with Gasteiger partial charge < -0.3 is 20.1 Å². The highest BCUT2D eigenvalue weighted by Crippen LogP contribution is 2.32. The lowest BCUT2D eigenvalue weighted by atomic mass is 9.97. The standard InChI is InChI=1S/C21H24N4O3/c26-21(25-11-16-6-7-18-19(10-16)28-14-27-18)17-12-24-20(13-23-17)22-9-8-15-4-2-1-3-5-15/h4,6-7,10,12-13H,1-3,5,8-9,11,14H2,(H,22,24)(H,25,26). The molecule has 0 saturated heterocycles. The number of fused-ring (bicyclic) bond motifs is 1. The monoisotopic (exact) mass is 380 g/mol. The molecule has 7 nitrogen and oxygen atoms in total. The van der Waals surface area contributed by atoms with E-state index >= 15 is 0 Å². The van der Waals surface area contributed by atoms with Gasteiger partial charge in [-0.1, -0.05) is 17.7 Å². The van der Waals surface area contributed by atoms with Crippen molar-refractivity contribution < 1.29 is 14.3 Å². The number of rotatable bonds is 7. The lowest BCUT2D eigenvalue weighted by Crippen LogP contribution is -2.24. The molecule has 7 heteroatoms. The molecule has 2 aromatic rings. The summed E-state index contributed by atoms with van der Waals surface area (Å²) in [5.74, 6) is 1.85. The number of benzene rings is 1. The van der Waals surface area contributed by atoms with Gasteiger partial charge in [0, 0.05) is 13.1 Å². The van der Waals surface area contributed by atoms with E-state index in [4.69, 9.17) is 9.47 Å². The molecule has 1 amide bonds. The molecule has 0 spiro atoms. The van der Waals surface area contributed by atoms with Gasteiger partial charge in [0.15, 0.2) is 11.5 Å². The Hall–Kier alpha value is -3.09. The molecule has 0 unspecified atom stereocenters. The number of hydrogen-bond donors (Lipinski definition) is 2. The SMILES string of the molecule is O=C(NCc1ccc2c(c1)OCO2)c1cnc(NCCC2=CCCCC2)cn1. The fourth-order valence-electron chi connectivity index (χ4n) is 3.34. The number of amides is 1. The lowest BCUT2D eigenvalue weighted by Gasteiger charge is -2.13. The second-order valence-electron chi connectivity index (χ2n) is 6.94. The van der Waals surface area contributed by atoms with E-state index in [1.807, 2.05) is 18.2 Å². The highest BCUT2D eigenvalue weighted by Gasteiger charge is 2.14. The van der Waals surface area contributed by atoms with Crippen molar-refractivity contribution in [3.05, 3.63) is 53.5 Å². The molecule has 146 valence electrons. The molecule has 2 N–H and O–H groups in total. The molecule has 0 fully saturated rings. The summed E-state index contributed by atoms with van der Waals surface area (Å²) in [5.41, 5.74) is 2.74. The smallest absolute Gasteiger partial charge is 0.271 e. The van der Waals surface area contributed by atoms with Gasteiger partial charge in [-0.25, -0.2) is 9.97 Å². The van der Waals surface area contributed by atoms with E-state index in [1.165, 1.54) is 37.5 Å². The highest BCUT2D eigenvalue weighted by molar-refractivity contribution is 5.91. The zero-order chi connectivity index (χ0) is 19.2. The van der Waals surface area contributed by atoms with Gasteiger partial charge in [-0.3, -0.25) is 4.79 Å². The van der Waals surface area contributed by atoms with Crippen LogP contribution in [0, 0.1) is 0 Å². The number of nitrogens with zero attached hydrogens (tertiary/aromatic N) is 2. The van der Waals surface area contributed by atoms with Crippen molar-refractivity contribution >= 4 is 11.7 Å². The number of nitrogens with one attached hydrogen (secondary N) is 2. The summed E-state index contributed by atoms with van der Waals surface area (Å²) in [7, 11) is 0. The Morgan fingerprint density at radius 1 is 1.11 bits per heavy atom. The molecular formula is C21H24N4O3. The van der Waals surface area contributed by atoms with E-state index in [2.05, 4.69) is 26.7 Å². The zero-order valence-corrected chi connectivity index (χ0v) is 15.7. The van der Waals surface area contributed by atoms with Crippen LogP contribution in [0.1, 0.15) is 48.2 Å². The molecule has 1 aromatic carbocycles. The number of carbonyl (C=O) groups is 1. The minimum atomic E-state index is -0.260. The summed E-state index contributed by atoms with van der Waals surface area (Å²) in [6, 6.07) is 5.60. The molecule has 2 aliphatic rings. The predicted molar refractivity (Wildman–Crippen MR) is 105 cm³/mol. The van der Waals surface area contributed by atoms with Crippen LogP contribution in [0.25, 0.3) is 0 Å². The average molecular weight is 380 g/mol. The van der Waals surface area contributed by atoms with E-state index in [-0.39, 0.29) is 12.7 Å². The van der Waals surface area contributed by atoms with Gasteiger partial charge in [0.1, 0.15) is 11.5 Å². The number of allylic oxidation sites excluding steroid dienone is 1. The predicted octanol–water partition coefficient (Wildman–Crippen LogP) is 3.44. The van der Waals surface area contributed by atoms with E-state index in [9.17, 15) is 4.79 Å². The van der Waals surface area contributed by atoms with Gasteiger partial charge >= 0.3 is 0 Å². The van der Waals surface area contributed by atoms with Crippen molar-refractivity contribution in [3.63, 3.8) is 0 Å². The molecule has 0 saturated carbocycles. The van der Waals surface area contributed by atoms with Crippen molar-refractivity contribution in [2.75, 3.05) is 18.7 Å². The Morgan fingerprint density at radius 2 is 2.04 bits per heavy atom. The fraction of sp³-hybridized carbons (Fsp3) is 0.381. The van der Waals surface area contributed by atoms with Crippen LogP contribution in [-0.4, -0.2) is 29.2 Å². The van der Waals surface area contributed by atoms with Crippen LogP contribution in [0.3, 0.4) is 0 Å². The first kappa shape index (κ1) is 18.3. The van der Waals surface area contributed by atoms with Gasteiger partial charge in [0.05, 0.1) is 12.4 Å². The maximum absolute atomic E-state index is 12.3. The van der Waals surface area contributed by atoms with Crippen molar-refractivity contribution in [2.24, 2.45) is 0 Å². The van der Waals surface area contributed by atoms with E-state index in [1.54, 1.807) is 6.20 Å². The summed E-state index contributed by atoms with van der Waals surface area (Å²) in [6.07, 6.45) is 11.5. The average Bonchev–Trinajstić information content (AvgIpc) is 3.21. The Kier molecular flexibility index (Phi) is 5.70. The highest BCUT2D eigenvalue weighted by atomic mass is 16.7. The normalized spacial score (nSPS) is 15.1. The Morgan fingerprint density at radius 3 is 2.86 bits per heavy atom. The van der Waals surface area contributed by atoms with Crippen LogP contribution < -0.4 is 20.1 Å². The number of carbonyl (C=O) groups excluding carboxylic acids is 1. The van der Waals surface area contributed by atoms with E-state index < -0.39 is 0 Å². The number of hydrogen-bond acceptors (Lipinski definition) is 6. The number of ether oxygens (including phenoxy) is 2. The molecule has 1 aliphatic carbocycles. The quantitative estimate of drug-likeness (QED) is 0.716. The third kappa shape index (κ3) is 4.60. The fourth-order valence-corrected chi connectivity index (χ4v) is 3.34. The minimum absolute atomic E-state index is 0.235. The second-order valence-corrected chi connectivity index (χ2v) is 6.94. The summed E-state index contributed by atoms with van der Waals surface area (Å²) < 4.78 is 10.6. The van der Waals surface area contributed by atoms with Gasteiger partial charge in [-0.2, -0.15) is 0 Å². The molecule has 0 radical (unpaired) electrons. The lowest BCUT2D eigenvalue weighted by molar-refractivity contribution is 0.0945. The largest absolute Gasteiger partial charge is 0.454 e. The summed E-state index contributed by atoms with van der Waals surface area (Å²) >= 11 is 0. The van der Waals surface area contributed by atoms with Crippen molar-refractivity contribution in [1.29, 1.82) is 0 Å². The van der Waals surface area contributed by atoms with Crippen LogP contribution in [0.15, 0.2) is 42.2 Å². The second kappa shape index (κ2) is 8.73. The minimum Gasteiger partial charge on any atom is -0.454 e. The molecular weight excluding hydrogens is 356 g/mol. The maximum Gasteiger partial charge on any atom is 0.271 e. The molecule has 28 heavy (non-hydrogen) atoms. The Balaban J connectivity index is 1.25. The van der Waals surface area contributed by atoms with Crippen molar-refractivity contribution in [2.45, 2.75) is 38.6 Å². The number of aromatic nitrogens is 2. The number of anilines is 1. The zero-order valence-electron chi connectivity index (χ0n) is 15.7. The first-order valence-corrected chi connectivity index (χ1v) is 9.68. The van der Waals surface area contributed by atoms with Crippen LogP contribution in [0.2, 0.25) is 0 Å². The van der Waals surface area contributed by atoms with Gasteiger partial charge in [0.25, 0.3) is 5.91 Å². The van der Waals surface area contributed by atoms with Crippen LogP contribution in [0.5, 0.6) is 11.5 Å². The summed E-state index contributed by atoms with van der Waals surface area (Å²) in [6.45, 7) is 1.45. The molecule has 0 atom stereocenters. The Labute approximate surface area is 164 Å². The summed E-state index contributed by atoms with van der Waals surface area (Å²) in [4.78, 5) is 20.8. The molecule has 1 aromatic heterocycles. The maximum atomic E-state index is 12.3. The van der Waals surface area contributed by atoms with Gasteiger partial charge in [-0.05, 0) is 49.8 Å². The molecule has 2 heterocycles. The van der Waals surface area contributed by atoms with Gasteiger partial charge in [-0.15, -0.1) is 0 Å². The topological polar surface area (TPSA) is 85.4 Å². The van der Waals surface area contributed by atoms with Gasteiger partial charge in [0.2, 0.25) is 6.79 Å². The van der Waals surface area contributed by atoms with Crippen molar-refractivity contribution in [3.8, 4) is 11.5 Å². The van der Waals surface area contributed by atoms with E-state index in [0.717, 1.165) is 24.3 Å². The molecule has 4 rings (SSSR count). The first-order valence-electron chi connectivity index (χ1n) is 9.68. The third-order valence-electron chi connectivity index (χ3n) is 4.91. The third-order valence-corrected chi connectivity index (χ3v) is 4.91. The molecule has 0 bridgehead atoms.